The minimum absolute atomic E-state index is 0.200. The van der Waals surface area contributed by atoms with E-state index in [1.165, 1.54) is 23.6 Å². The molecule has 1 fully saturated rings. The van der Waals surface area contributed by atoms with Crippen LogP contribution in [0.1, 0.15) is 49.4 Å². The minimum atomic E-state index is -0.200. The first-order chi connectivity index (χ1) is 12.4. The van der Waals surface area contributed by atoms with Gasteiger partial charge in [0.25, 0.3) is 0 Å². The maximum Gasteiger partial charge on any atom is 0.123 e. The van der Waals surface area contributed by atoms with Crippen molar-refractivity contribution in [2.45, 2.75) is 46.0 Å². The molecule has 1 saturated carbocycles. The molecule has 0 N–H and O–H groups in total. The molecule has 136 valence electrons. The number of benzene rings is 2. The number of rotatable bonds is 6. The van der Waals surface area contributed by atoms with Crippen LogP contribution in [0.15, 0.2) is 61.2 Å². The summed E-state index contributed by atoms with van der Waals surface area (Å²) in [6, 6.07) is 13.7. The van der Waals surface area contributed by atoms with Crippen molar-refractivity contribution in [3.8, 4) is 0 Å². The highest BCUT2D eigenvalue weighted by molar-refractivity contribution is 5.74. The summed E-state index contributed by atoms with van der Waals surface area (Å²) >= 11 is 0. The van der Waals surface area contributed by atoms with Crippen molar-refractivity contribution >= 4 is 5.57 Å². The Bertz CT molecular complexity index is 835. The van der Waals surface area contributed by atoms with Crippen molar-refractivity contribution in [2.24, 2.45) is 11.8 Å². The Hall–Kier alpha value is -2.15. The van der Waals surface area contributed by atoms with Gasteiger partial charge in [-0.15, -0.1) is 0 Å². The predicted octanol–water partition coefficient (Wildman–Crippen LogP) is 6.88. The number of aryl methyl sites for hydroxylation is 1. The molecule has 0 spiro atoms. The minimum Gasteiger partial charge on any atom is -0.207 e. The fourth-order valence-corrected chi connectivity index (χ4v) is 4.74. The van der Waals surface area contributed by atoms with Crippen LogP contribution < -0.4 is 0 Å². The number of hydrogen-bond acceptors (Lipinski definition) is 0. The van der Waals surface area contributed by atoms with Crippen LogP contribution in [0.25, 0.3) is 5.57 Å². The fraction of sp³-hybridized carbons (Fsp3) is 0.360. The maximum absolute atomic E-state index is 13.3. The summed E-state index contributed by atoms with van der Waals surface area (Å²) in [5.41, 5.74) is 6.12. The van der Waals surface area contributed by atoms with Crippen LogP contribution in [0.4, 0.5) is 4.39 Å². The molecule has 0 heterocycles. The van der Waals surface area contributed by atoms with E-state index in [1.807, 2.05) is 13.0 Å². The van der Waals surface area contributed by atoms with Gasteiger partial charge in [-0.1, -0.05) is 69.8 Å². The maximum atomic E-state index is 13.3. The zero-order valence-electron chi connectivity index (χ0n) is 16.4. The van der Waals surface area contributed by atoms with Crippen LogP contribution >= 0.6 is 0 Å². The Morgan fingerprint density at radius 2 is 1.85 bits per heavy atom. The molecule has 0 amide bonds. The Morgan fingerprint density at radius 1 is 1.15 bits per heavy atom. The topological polar surface area (TPSA) is 0 Å². The predicted molar refractivity (Wildman–Crippen MR) is 110 cm³/mol. The third-order valence-electron chi connectivity index (χ3n) is 6.56. The first-order valence-electron chi connectivity index (χ1n) is 9.62. The Balaban J connectivity index is 1.79. The summed E-state index contributed by atoms with van der Waals surface area (Å²) < 4.78 is 13.3. The summed E-state index contributed by atoms with van der Waals surface area (Å²) in [6.45, 7) is 13.1. The van der Waals surface area contributed by atoms with Gasteiger partial charge in [-0.05, 0) is 71.6 Å². The third-order valence-corrected chi connectivity index (χ3v) is 6.56. The molecule has 0 saturated heterocycles. The fourth-order valence-electron chi connectivity index (χ4n) is 4.74. The van der Waals surface area contributed by atoms with E-state index in [0.29, 0.717) is 5.41 Å². The van der Waals surface area contributed by atoms with Crippen molar-refractivity contribution in [3.05, 3.63) is 89.3 Å². The second-order valence-corrected chi connectivity index (χ2v) is 7.72. The van der Waals surface area contributed by atoms with Crippen LogP contribution in [-0.4, -0.2) is 0 Å². The van der Waals surface area contributed by atoms with Gasteiger partial charge < -0.3 is 0 Å². The lowest BCUT2D eigenvalue weighted by Crippen LogP contribution is -2.12. The van der Waals surface area contributed by atoms with Gasteiger partial charge in [0.05, 0.1) is 0 Å². The van der Waals surface area contributed by atoms with E-state index >= 15 is 0 Å². The van der Waals surface area contributed by atoms with Crippen molar-refractivity contribution in [3.63, 3.8) is 0 Å². The molecular weight excluding hydrogens is 319 g/mol. The van der Waals surface area contributed by atoms with Crippen LogP contribution in [0.3, 0.4) is 0 Å². The van der Waals surface area contributed by atoms with Gasteiger partial charge in [-0.3, -0.25) is 0 Å². The summed E-state index contributed by atoms with van der Waals surface area (Å²) in [5, 5.41) is 0. The van der Waals surface area contributed by atoms with Crippen molar-refractivity contribution < 1.29 is 4.39 Å². The molecule has 2 aromatic rings. The van der Waals surface area contributed by atoms with E-state index in [2.05, 4.69) is 63.8 Å². The Kier molecular flexibility index (Phi) is 5.18. The largest absolute Gasteiger partial charge is 0.207 e. The molecule has 1 heteroatoms. The van der Waals surface area contributed by atoms with Crippen molar-refractivity contribution in [2.75, 3.05) is 0 Å². The molecule has 3 rings (SSSR count). The first-order valence-corrected chi connectivity index (χ1v) is 9.62. The SMILES string of the molecule is C=C(/C=C\Cc1ccccc1C1(CC)C(C)C1C)c1ccc(F)cc1C. The van der Waals surface area contributed by atoms with Gasteiger partial charge in [0.2, 0.25) is 0 Å². The van der Waals surface area contributed by atoms with Gasteiger partial charge in [0.1, 0.15) is 5.82 Å². The van der Waals surface area contributed by atoms with E-state index in [0.717, 1.165) is 35.0 Å². The van der Waals surface area contributed by atoms with Crippen LogP contribution in [0, 0.1) is 24.6 Å². The molecule has 0 bridgehead atoms. The van der Waals surface area contributed by atoms with Gasteiger partial charge in [0.15, 0.2) is 0 Å². The smallest absolute Gasteiger partial charge is 0.123 e. The summed E-state index contributed by atoms with van der Waals surface area (Å²) in [5.74, 6) is 1.29. The monoisotopic (exact) mass is 348 g/mol. The average molecular weight is 349 g/mol. The van der Waals surface area contributed by atoms with E-state index in [9.17, 15) is 4.39 Å². The van der Waals surface area contributed by atoms with Gasteiger partial charge in [0, 0.05) is 5.41 Å². The highest BCUT2D eigenvalue weighted by Crippen LogP contribution is 2.62. The normalized spacial score (nSPS) is 24.8. The van der Waals surface area contributed by atoms with Gasteiger partial charge in [-0.2, -0.15) is 0 Å². The number of halogens is 1. The standard InChI is InChI=1S/C25H29F/c1-6-25(19(4)20(25)5)24-13-8-7-11-21(24)12-9-10-17(2)23-15-14-22(26)16-18(23)3/h7-11,13-16,19-20H,2,6,12H2,1,3-5H3/b10-9-. The van der Waals surface area contributed by atoms with Gasteiger partial charge >= 0.3 is 0 Å². The molecule has 1 aliphatic rings. The lowest BCUT2D eigenvalue weighted by molar-refractivity contribution is 0.579. The lowest BCUT2D eigenvalue weighted by Gasteiger charge is -2.20. The third kappa shape index (κ3) is 3.16. The highest BCUT2D eigenvalue weighted by Gasteiger charge is 2.58. The first kappa shape index (κ1) is 18.6. The molecule has 2 unspecified atom stereocenters. The molecular formula is C25H29F. The Labute approximate surface area is 157 Å². The van der Waals surface area contributed by atoms with Crippen molar-refractivity contribution in [1.82, 2.24) is 0 Å². The summed E-state index contributed by atoms with van der Waals surface area (Å²) in [7, 11) is 0. The molecule has 0 aromatic heterocycles. The average Bonchev–Trinajstić information content (AvgIpc) is 3.16. The van der Waals surface area contributed by atoms with E-state index in [1.54, 1.807) is 6.07 Å². The van der Waals surface area contributed by atoms with E-state index in [-0.39, 0.29) is 5.82 Å². The molecule has 0 nitrogen and oxygen atoms in total. The van der Waals surface area contributed by atoms with E-state index < -0.39 is 0 Å². The second-order valence-electron chi connectivity index (χ2n) is 7.72. The van der Waals surface area contributed by atoms with Crippen molar-refractivity contribution in [1.29, 1.82) is 0 Å². The highest BCUT2D eigenvalue weighted by atomic mass is 19.1. The molecule has 0 aliphatic heterocycles. The van der Waals surface area contributed by atoms with Crippen LogP contribution in [0.2, 0.25) is 0 Å². The van der Waals surface area contributed by atoms with Gasteiger partial charge in [-0.25, -0.2) is 4.39 Å². The van der Waals surface area contributed by atoms with Crippen LogP contribution in [0.5, 0.6) is 0 Å². The van der Waals surface area contributed by atoms with Crippen LogP contribution in [-0.2, 0) is 11.8 Å². The zero-order valence-corrected chi connectivity index (χ0v) is 16.4. The number of hydrogen-bond donors (Lipinski definition) is 0. The molecule has 1 aliphatic carbocycles. The molecule has 2 atom stereocenters. The molecule has 2 aromatic carbocycles. The molecule has 26 heavy (non-hydrogen) atoms. The lowest BCUT2D eigenvalue weighted by atomic mass is 9.85. The van der Waals surface area contributed by atoms with E-state index in [4.69, 9.17) is 0 Å². The summed E-state index contributed by atoms with van der Waals surface area (Å²) in [4.78, 5) is 0. The molecule has 0 radical (unpaired) electrons. The number of allylic oxidation sites excluding steroid dienone is 3. The Morgan fingerprint density at radius 3 is 2.46 bits per heavy atom. The quantitative estimate of drug-likeness (QED) is 0.499. The summed E-state index contributed by atoms with van der Waals surface area (Å²) in [6.07, 6.45) is 6.34. The second kappa shape index (κ2) is 7.23. The zero-order chi connectivity index (χ0) is 18.9.